The molecule has 3 rings (SSSR count). The van der Waals surface area contributed by atoms with Crippen LogP contribution >= 0.6 is 11.6 Å². The van der Waals surface area contributed by atoms with Gasteiger partial charge in [0, 0.05) is 24.7 Å². The van der Waals surface area contributed by atoms with Crippen LogP contribution in [0.1, 0.15) is 28.8 Å². The average molecular weight is 409 g/mol. The van der Waals surface area contributed by atoms with E-state index in [0.29, 0.717) is 23.9 Å². The van der Waals surface area contributed by atoms with Crippen molar-refractivity contribution in [3.8, 4) is 5.75 Å². The minimum Gasteiger partial charge on any atom is -0.496 e. The summed E-state index contributed by atoms with van der Waals surface area (Å²) in [6.07, 6.45) is 1.70. The third kappa shape index (κ3) is 4.26. The summed E-state index contributed by atoms with van der Waals surface area (Å²) in [6.45, 7) is 1.23. The van der Waals surface area contributed by atoms with Gasteiger partial charge >= 0.3 is 0 Å². The van der Waals surface area contributed by atoms with Crippen LogP contribution in [0.3, 0.4) is 0 Å². The minimum absolute atomic E-state index is 0.0908. The van der Waals surface area contributed by atoms with Crippen LogP contribution < -0.4 is 10.1 Å². The zero-order chi connectivity index (χ0) is 19.4. The Morgan fingerprint density at radius 2 is 1.89 bits per heavy atom. The van der Waals surface area contributed by atoms with Gasteiger partial charge in [-0.15, -0.1) is 0 Å². The lowest BCUT2D eigenvalue weighted by Gasteiger charge is -2.17. The highest BCUT2D eigenvalue weighted by Crippen LogP contribution is 2.26. The van der Waals surface area contributed by atoms with Crippen molar-refractivity contribution in [3.63, 3.8) is 0 Å². The molecule has 1 aliphatic rings. The van der Waals surface area contributed by atoms with Crippen LogP contribution in [0.4, 0.5) is 0 Å². The molecule has 2 aromatic carbocycles. The minimum atomic E-state index is -3.62. The molecule has 0 unspecified atom stereocenters. The van der Waals surface area contributed by atoms with Crippen molar-refractivity contribution < 1.29 is 17.9 Å². The van der Waals surface area contributed by atoms with Crippen LogP contribution in [0, 0.1) is 0 Å². The van der Waals surface area contributed by atoms with Crippen LogP contribution in [-0.4, -0.2) is 38.8 Å². The van der Waals surface area contributed by atoms with Crippen molar-refractivity contribution in [2.45, 2.75) is 24.3 Å². The van der Waals surface area contributed by atoms with Gasteiger partial charge in [-0.25, -0.2) is 8.42 Å². The Morgan fingerprint density at radius 3 is 2.56 bits per heavy atom. The topological polar surface area (TPSA) is 75.7 Å². The molecule has 1 heterocycles. The second kappa shape index (κ2) is 8.29. The highest BCUT2D eigenvalue weighted by atomic mass is 35.5. The Balaban J connectivity index is 1.85. The van der Waals surface area contributed by atoms with Gasteiger partial charge in [0.25, 0.3) is 5.91 Å². The van der Waals surface area contributed by atoms with Crippen molar-refractivity contribution >= 4 is 27.5 Å². The summed E-state index contributed by atoms with van der Waals surface area (Å²) in [7, 11) is -2.18. The number of ether oxygens (including phenoxy) is 1. The molecule has 0 aliphatic carbocycles. The van der Waals surface area contributed by atoms with Gasteiger partial charge in [0.05, 0.1) is 17.6 Å². The lowest BCUT2D eigenvalue weighted by Crippen LogP contribution is -2.28. The van der Waals surface area contributed by atoms with Gasteiger partial charge in [0.2, 0.25) is 10.0 Å². The van der Waals surface area contributed by atoms with E-state index in [1.165, 1.54) is 29.6 Å². The summed E-state index contributed by atoms with van der Waals surface area (Å²) in [5, 5.41) is 3.32. The fourth-order valence-electron chi connectivity index (χ4n) is 3.02. The standard InChI is InChI=1S/C19H21ClN2O4S/c1-26-18-9-8-15(27(24,25)22-10-4-5-11-22)12-16(18)19(23)21-13-14-6-2-3-7-17(14)20/h2-3,6-9,12H,4-5,10-11,13H2,1H3,(H,21,23). The van der Waals surface area contributed by atoms with Gasteiger partial charge in [0.1, 0.15) is 5.75 Å². The normalized spacial score (nSPS) is 14.9. The molecule has 1 saturated heterocycles. The molecule has 0 spiro atoms. The molecule has 0 bridgehead atoms. The van der Waals surface area contributed by atoms with Gasteiger partial charge in [-0.1, -0.05) is 29.8 Å². The number of carbonyl (C=O) groups is 1. The van der Waals surface area contributed by atoms with E-state index in [9.17, 15) is 13.2 Å². The molecule has 0 atom stereocenters. The Hall–Kier alpha value is -2.09. The number of nitrogens with one attached hydrogen (secondary N) is 1. The molecular formula is C19H21ClN2O4S. The molecule has 1 aliphatic heterocycles. The fourth-order valence-corrected chi connectivity index (χ4v) is 4.76. The van der Waals surface area contributed by atoms with Crippen LogP contribution in [0.2, 0.25) is 5.02 Å². The summed E-state index contributed by atoms with van der Waals surface area (Å²) in [4.78, 5) is 12.8. The van der Waals surface area contributed by atoms with Crippen LogP contribution in [0.25, 0.3) is 0 Å². The number of methoxy groups -OCH3 is 1. The van der Waals surface area contributed by atoms with Crippen molar-refractivity contribution in [1.82, 2.24) is 9.62 Å². The number of hydrogen-bond acceptors (Lipinski definition) is 4. The lowest BCUT2D eigenvalue weighted by atomic mass is 10.1. The maximum absolute atomic E-state index is 12.8. The summed E-state index contributed by atoms with van der Waals surface area (Å²) >= 11 is 6.11. The number of halogens is 1. The first-order chi connectivity index (χ1) is 12.9. The Bertz CT molecular complexity index is 940. The highest BCUT2D eigenvalue weighted by molar-refractivity contribution is 7.89. The van der Waals surface area contributed by atoms with E-state index < -0.39 is 15.9 Å². The molecule has 8 heteroatoms. The molecule has 1 amide bonds. The number of nitrogens with zero attached hydrogens (tertiary/aromatic N) is 1. The fraction of sp³-hybridized carbons (Fsp3) is 0.316. The van der Waals surface area contributed by atoms with Crippen LogP contribution in [-0.2, 0) is 16.6 Å². The van der Waals surface area contributed by atoms with E-state index >= 15 is 0 Å². The average Bonchev–Trinajstić information content (AvgIpc) is 3.22. The summed E-state index contributed by atoms with van der Waals surface area (Å²) in [5.41, 5.74) is 0.942. The Labute approximate surface area is 164 Å². The van der Waals surface area contributed by atoms with Gasteiger partial charge in [-0.2, -0.15) is 4.31 Å². The molecule has 144 valence electrons. The second-order valence-electron chi connectivity index (χ2n) is 6.25. The molecule has 0 radical (unpaired) electrons. The number of benzene rings is 2. The van der Waals surface area contributed by atoms with Crippen LogP contribution in [0.5, 0.6) is 5.75 Å². The molecule has 1 fully saturated rings. The van der Waals surface area contributed by atoms with Gasteiger partial charge in [-0.3, -0.25) is 4.79 Å². The predicted octanol–water partition coefficient (Wildman–Crippen LogP) is 3.06. The number of sulfonamides is 1. The molecule has 27 heavy (non-hydrogen) atoms. The maximum Gasteiger partial charge on any atom is 0.255 e. The largest absolute Gasteiger partial charge is 0.496 e. The SMILES string of the molecule is COc1ccc(S(=O)(=O)N2CCCC2)cc1C(=O)NCc1ccccc1Cl. The Morgan fingerprint density at radius 1 is 1.19 bits per heavy atom. The van der Waals surface area contributed by atoms with Crippen molar-refractivity contribution in [1.29, 1.82) is 0 Å². The van der Waals surface area contributed by atoms with Crippen molar-refractivity contribution in [2.24, 2.45) is 0 Å². The molecular weight excluding hydrogens is 388 g/mol. The monoisotopic (exact) mass is 408 g/mol. The zero-order valence-electron chi connectivity index (χ0n) is 14.9. The first-order valence-electron chi connectivity index (χ1n) is 8.63. The van der Waals surface area contributed by atoms with E-state index in [1.54, 1.807) is 6.07 Å². The second-order valence-corrected chi connectivity index (χ2v) is 8.59. The first kappa shape index (κ1) is 19.7. The molecule has 2 aromatic rings. The third-order valence-electron chi connectivity index (χ3n) is 4.52. The van der Waals surface area contributed by atoms with E-state index in [0.717, 1.165) is 18.4 Å². The number of hydrogen-bond donors (Lipinski definition) is 1. The Kier molecular flexibility index (Phi) is 6.04. The summed E-state index contributed by atoms with van der Waals surface area (Å²) in [6, 6.07) is 11.5. The van der Waals surface area contributed by atoms with E-state index in [2.05, 4.69) is 5.32 Å². The summed E-state index contributed by atoms with van der Waals surface area (Å²) < 4.78 is 32.2. The lowest BCUT2D eigenvalue weighted by molar-refractivity contribution is 0.0947. The van der Waals surface area contributed by atoms with E-state index in [1.807, 2.05) is 18.2 Å². The highest BCUT2D eigenvalue weighted by Gasteiger charge is 2.28. The number of rotatable bonds is 6. The number of amides is 1. The van der Waals surface area contributed by atoms with E-state index in [-0.39, 0.29) is 17.0 Å². The van der Waals surface area contributed by atoms with Gasteiger partial charge in [-0.05, 0) is 42.7 Å². The zero-order valence-corrected chi connectivity index (χ0v) is 16.5. The van der Waals surface area contributed by atoms with Crippen molar-refractivity contribution in [2.75, 3.05) is 20.2 Å². The first-order valence-corrected chi connectivity index (χ1v) is 10.4. The van der Waals surface area contributed by atoms with Gasteiger partial charge in [0.15, 0.2) is 0 Å². The molecule has 0 aromatic heterocycles. The van der Waals surface area contributed by atoms with Crippen LogP contribution in [0.15, 0.2) is 47.4 Å². The molecule has 1 N–H and O–H groups in total. The smallest absolute Gasteiger partial charge is 0.255 e. The van der Waals surface area contributed by atoms with Gasteiger partial charge < -0.3 is 10.1 Å². The third-order valence-corrected chi connectivity index (χ3v) is 6.78. The van der Waals surface area contributed by atoms with Crippen molar-refractivity contribution in [3.05, 3.63) is 58.6 Å². The maximum atomic E-state index is 12.8. The summed E-state index contributed by atoms with van der Waals surface area (Å²) in [5.74, 6) is -0.114. The quantitative estimate of drug-likeness (QED) is 0.797. The molecule has 0 saturated carbocycles. The number of carbonyl (C=O) groups excluding carboxylic acids is 1. The predicted molar refractivity (Wildman–Crippen MR) is 104 cm³/mol. The molecule has 6 nitrogen and oxygen atoms in total. The van der Waals surface area contributed by atoms with E-state index in [4.69, 9.17) is 16.3 Å².